The summed E-state index contributed by atoms with van der Waals surface area (Å²) in [6.07, 6.45) is 0.114. The molecule has 0 aromatic heterocycles. The Labute approximate surface area is 237 Å². The highest BCUT2D eigenvalue weighted by Gasteiger charge is 2.37. The summed E-state index contributed by atoms with van der Waals surface area (Å²) in [7, 11) is -4.50. The number of carbonyl (C=O) groups is 1. The smallest absolute Gasteiger partial charge is 0.410 e. The van der Waals surface area contributed by atoms with E-state index < -0.39 is 39.3 Å². The largest absolute Gasteiger partial charge is 0.492 e. The summed E-state index contributed by atoms with van der Waals surface area (Å²) in [6, 6.07) is 5.14. The number of nitriles is 1. The van der Waals surface area contributed by atoms with E-state index in [4.69, 9.17) is 21.1 Å². The van der Waals surface area contributed by atoms with Crippen molar-refractivity contribution in [3.63, 3.8) is 0 Å². The van der Waals surface area contributed by atoms with Crippen LogP contribution in [0.25, 0.3) is 0 Å². The molecule has 8 nitrogen and oxygen atoms in total. The fourth-order valence-electron chi connectivity index (χ4n) is 4.67. The first-order valence-electron chi connectivity index (χ1n) is 12.8. The van der Waals surface area contributed by atoms with Crippen molar-refractivity contribution in [1.29, 1.82) is 5.26 Å². The first-order chi connectivity index (χ1) is 18.5. The normalized spacial score (nSPS) is 22.2. The van der Waals surface area contributed by atoms with Crippen molar-refractivity contribution in [2.75, 3.05) is 26.2 Å². The lowest BCUT2D eigenvalue weighted by Gasteiger charge is -2.40. The number of sulfonamides is 1. The molecule has 3 rings (SSSR count). The molecule has 0 bridgehead atoms. The van der Waals surface area contributed by atoms with Gasteiger partial charge in [0.1, 0.15) is 24.0 Å². The number of alkyl halides is 3. The fourth-order valence-corrected chi connectivity index (χ4v) is 5.85. The van der Waals surface area contributed by atoms with E-state index in [0.717, 1.165) is 23.6 Å². The van der Waals surface area contributed by atoms with Gasteiger partial charge in [-0.25, -0.2) is 17.9 Å². The zero-order valence-electron chi connectivity index (χ0n) is 22.7. The van der Waals surface area contributed by atoms with Gasteiger partial charge < -0.3 is 14.4 Å². The predicted octanol–water partition coefficient (Wildman–Crippen LogP) is 5.74. The zero-order valence-corrected chi connectivity index (χ0v) is 24.3. The van der Waals surface area contributed by atoms with Crippen LogP contribution in [0.15, 0.2) is 45.9 Å². The number of carbonyl (C=O) groups excluding carboxylic acids is 1. The third-order valence-corrected chi connectivity index (χ3v) is 8.53. The van der Waals surface area contributed by atoms with Crippen LogP contribution in [0, 0.1) is 29.1 Å². The van der Waals surface area contributed by atoms with Gasteiger partial charge in [0.15, 0.2) is 0 Å². The summed E-state index contributed by atoms with van der Waals surface area (Å²) in [6.45, 7) is 6.57. The minimum Gasteiger partial charge on any atom is -0.492 e. The Morgan fingerprint density at radius 3 is 2.55 bits per heavy atom. The Morgan fingerprint density at radius 2 is 1.95 bits per heavy atom. The highest BCUT2D eigenvalue weighted by molar-refractivity contribution is 7.89. The Kier molecular flexibility index (Phi) is 9.86. The van der Waals surface area contributed by atoms with Gasteiger partial charge in [-0.3, -0.25) is 0 Å². The van der Waals surface area contributed by atoms with Crippen LogP contribution in [-0.4, -0.2) is 57.4 Å². The molecule has 1 aromatic carbocycles. The maximum Gasteiger partial charge on any atom is 0.410 e. The Morgan fingerprint density at radius 1 is 1.25 bits per heavy atom. The molecule has 0 radical (unpaired) electrons. The minimum absolute atomic E-state index is 0.0545. The summed E-state index contributed by atoms with van der Waals surface area (Å²) in [5.74, 6) is 0.101. The summed E-state index contributed by atoms with van der Waals surface area (Å²) in [5, 5.41) is 10.4. The van der Waals surface area contributed by atoms with Crippen LogP contribution in [0.5, 0.6) is 5.75 Å². The van der Waals surface area contributed by atoms with E-state index in [1.807, 2.05) is 25.1 Å². The summed E-state index contributed by atoms with van der Waals surface area (Å²) >= 11 is 6.28. The second-order valence-corrected chi connectivity index (χ2v) is 13.2. The number of nitrogens with zero attached hydrogens (tertiary/aromatic N) is 2. The lowest BCUT2D eigenvalue weighted by atomic mass is 9.76. The lowest BCUT2D eigenvalue weighted by Crippen LogP contribution is -2.48. The first kappa shape index (κ1) is 31.8. The van der Waals surface area contributed by atoms with Crippen LogP contribution in [0.4, 0.5) is 18.0 Å². The van der Waals surface area contributed by atoms with Crippen LogP contribution >= 0.6 is 11.6 Å². The van der Waals surface area contributed by atoms with Gasteiger partial charge >= 0.3 is 12.3 Å². The minimum atomic E-state index is -4.73. The van der Waals surface area contributed by atoms with E-state index in [0.29, 0.717) is 19.5 Å². The molecule has 1 heterocycles. The molecular formula is C27H33ClF3N3O5S. The molecule has 40 heavy (non-hydrogen) atoms. The van der Waals surface area contributed by atoms with Gasteiger partial charge in [0.05, 0.1) is 17.1 Å². The van der Waals surface area contributed by atoms with Gasteiger partial charge in [0.25, 0.3) is 0 Å². The molecule has 1 fully saturated rings. The highest BCUT2D eigenvalue weighted by atomic mass is 35.5. The third kappa shape index (κ3) is 8.62. The number of hydrogen-bond acceptors (Lipinski definition) is 6. The van der Waals surface area contributed by atoms with Crippen molar-refractivity contribution in [2.24, 2.45) is 17.8 Å². The highest BCUT2D eigenvalue weighted by Crippen LogP contribution is 2.39. The number of nitrogens with one attached hydrogen (secondary N) is 1. The maximum absolute atomic E-state index is 12.8. The molecule has 1 saturated heterocycles. The SMILES string of the molecule is CC1CC([C@@H]2CCN(C(=O)OC(C)(C)C)C[C@H]2COc2ccc(S(=O)(=O)NCC(F)(F)F)cc2C#N)=CC=C1Cl. The Bertz CT molecular complexity index is 1320. The average Bonchev–Trinajstić information content (AvgIpc) is 2.86. The number of rotatable bonds is 7. The number of allylic oxidation sites excluding steroid dienone is 4. The van der Waals surface area contributed by atoms with Crippen molar-refractivity contribution < 1.29 is 35.9 Å². The van der Waals surface area contributed by atoms with Crippen LogP contribution in [0.3, 0.4) is 0 Å². The van der Waals surface area contributed by atoms with Gasteiger partial charge in [0, 0.05) is 24.0 Å². The van der Waals surface area contributed by atoms with Crippen LogP contribution in [0.2, 0.25) is 0 Å². The number of likely N-dealkylation sites (tertiary alicyclic amines) is 1. The summed E-state index contributed by atoms with van der Waals surface area (Å²) in [5.41, 5.74) is 0.361. The zero-order chi connectivity index (χ0) is 29.9. The van der Waals surface area contributed by atoms with Crippen LogP contribution in [0.1, 0.15) is 46.1 Å². The molecule has 1 aromatic rings. The Balaban J connectivity index is 1.82. The molecule has 1 unspecified atom stereocenters. The van der Waals surface area contributed by atoms with Crippen molar-refractivity contribution in [2.45, 2.75) is 57.2 Å². The molecule has 13 heteroatoms. The Hall–Kier alpha value is -2.75. The van der Waals surface area contributed by atoms with E-state index >= 15 is 0 Å². The van der Waals surface area contributed by atoms with Gasteiger partial charge in [-0.15, -0.1) is 0 Å². The number of hydrogen-bond donors (Lipinski definition) is 1. The number of halogens is 4. The summed E-state index contributed by atoms with van der Waals surface area (Å²) < 4.78 is 75.1. The van der Waals surface area contributed by atoms with Crippen molar-refractivity contribution in [1.82, 2.24) is 9.62 Å². The second kappa shape index (κ2) is 12.4. The van der Waals surface area contributed by atoms with E-state index in [9.17, 15) is 31.6 Å². The summed E-state index contributed by atoms with van der Waals surface area (Å²) in [4.78, 5) is 13.9. The van der Waals surface area contributed by atoms with E-state index in [1.54, 1.807) is 25.7 Å². The van der Waals surface area contributed by atoms with Gasteiger partial charge in [-0.2, -0.15) is 18.4 Å². The molecule has 1 aliphatic heterocycles. The molecular weight excluding hydrogens is 571 g/mol. The third-order valence-electron chi connectivity index (χ3n) is 6.63. The van der Waals surface area contributed by atoms with Crippen molar-refractivity contribution in [3.8, 4) is 11.8 Å². The van der Waals surface area contributed by atoms with E-state index in [1.165, 1.54) is 16.4 Å². The molecule has 0 spiro atoms. The number of ether oxygens (including phenoxy) is 2. The van der Waals surface area contributed by atoms with Gasteiger partial charge in [0.2, 0.25) is 10.0 Å². The molecule has 0 saturated carbocycles. The molecule has 2 aliphatic rings. The molecule has 1 aliphatic carbocycles. The topological polar surface area (TPSA) is 109 Å². The fraction of sp³-hybridized carbons (Fsp3) is 0.556. The second-order valence-electron chi connectivity index (χ2n) is 11.0. The monoisotopic (exact) mass is 603 g/mol. The van der Waals surface area contributed by atoms with Gasteiger partial charge in [-0.1, -0.05) is 30.2 Å². The first-order valence-corrected chi connectivity index (χ1v) is 14.6. The molecule has 1 amide bonds. The van der Waals surface area contributed by atoms with Crippen molar-refractivity contribution in [3.05, 3.63) is 46.5 Å². The number of amides is 1. The maximum atomic E-state index is 12.8. The molecule has 1 N–H and O–H groups in total. The van der Waals surface area contributed by atoms with E-state index in [2.05, 4.69) is 0 Å². The average molecular weight is 604 g/mol. The standard InChI is InChI=1S/C27H33ClF3N3O5S/c1-17-11-18(5-7-23(17)28)22-9-10-34(25(35)39-26(2,3)4)14-20(22)15-38-24-8-6-21(12-19(24)13-32)40(36,37)33-16-27(29,30)31/h5-8,12,17,20,22,33H,9-11,14-16H2,1-4H3/t17?,20-,22-/m0/s1. The number of benzene rings is 1. The quantitative estimate of drug-likeness (QED) is 0.426. The lowest BCUT2D eigenvalue weighted by molar-refractivity contribution is -0.121. The van der Waals surface area contributed by atoms with Crippen LogP contribution in [-0.2, 0) is 14.8 Å². The predicted molar refractivity (Wildman–Crippen MR) is 143 cm³/mol. The van der Waals surface area contributed by atoms with E-state index in [-0.39, 0.29) is 35.7 Å². The van der Waals surface area contributed by atoms with Crippen LogP contribution < -0.4 is 9.46 Å². The van der Waals surface area contributed by atoms with Gasteiger partial charge in [-0.05, 0) is 69.7 Å². The number of piperidine rings is 1. The molecule has 220 valence electrons. The molecule has 3 atom stereocenters. The van der Waals surface area contributed by atoms with Crippen molar-refractivity contribution >= 4 is 27.7 Å².